The lowest BCUT2D eigenvalue weighted by Gasteiger charge is -2.37. The summed E-state index contributed by atoms with van der Waals surface area (Å²) in [6.07, 6.45) is 7.98. The standard InChI is InChI=1S/C24H46N3/c1-7-11-13-18-26(19-14-12-8-2)20-17-25-27(9-3,10-4)24-16-15-22(5)23(6)21-24/h15-16,21,25H,7-14,17-20H2,1-6H3/q+1. The molecule has 0 aliphatic carbocycles. The van der Waals surface area contributed by atoms with Gasteiger partial charge in [-0.3, -0.25) is 0 Å². The van der Waals surface area contributed by atoms with E-state index in [0.29, 0.717) is 0 Å². The molecule has 27 heavy (non-hydrogen) atoms. The first-order valence-corrected chi connectivity index (χ1v) is 11.4. The Morgan fingerprint density at radius 2 is 1.37 bits per heavy atom. The van der Waals surface area contributed by atoms with Gasteiger partial charge in [0.2, 0.25) is 0 Å². The van der Waals surface area contributed by atoms with Crippen LogP contribution in [0.5, 0.6) is 0 Å². The van der Waals surface area contributed by atoms with Gasteiger partial charge in [-0.1, -0.05) is 45.6 Å². The molecule has 0 amide bonds. The van der Waals surface area contributed by atoms with Crippen molar-refractivity contribution in [3.63, 3.8) is 0 Å². The molecule has 1 rings (SSSR count). The number of nitrogens with zero attached hydrogens (tertiary/aromatic N) is 2. The van der Waals surface area contributed by atoms with Gasteiger partial charge in [0, 0.05) is 18.7 Å². The molecule has 1 N–H and O–H groups in total. The van der Waals surface area contributed by atoms with E-state index in [2.05, 4.69) is 70.1 Å². The predicted octanol–water partition coefficient (Wildman–Crippen LogP) is 5.84. The van der Waals surface area contributed by atoms with E-state index in [1.54, 1.807) is 0 Å². The molecular formula is C24H46N3+. The van der Waals surface area contributed by atoms with E-state index in [1.165, 1.54) is 68.4 Å². The Hall–Kier alpha value is -0.900. The molecule has 0 aliphatic heterocycles. The molecule has 3 heteroatoms. The first-order valence-electron chi connectivity index (χ1n) is 11.4. The maximum absolute atomic E-state index is 3.90. The molecular weight excluding hydrogens is 330 g/mol. The topological polar surface area (TPSA) is 15.3 Å². The van der Waals surface area contributed by atoms with Gasteiger partial charge >= 0.3 is 0 Å². The third kappa shape index (κ3) is 7.93. The maximum Gasteiger partial charge on any atom is 0.152 e. The fourth-order valence-electron chi connectivity index (χ4n) is 3.82. The number of unbranched alkanes of at least 4 members (excludes halogenated alkanes) is 4. The number of hydrogen-bond acceptors (Lipinski definition) is 2. The summed E-state index contributed by atoms with van der Waals surface area (Å²) in [5.74, 6) is 0. The van der Waals surface area contributed by atoms with Gasteiger partial charge in [-0.05, 0) is 64.8 Å². The fraction of sp³-hybridized carbons (Fsp3) is 0.750. The Morgan fingerprint density at radius 3 is 1.85 bits per heavy atom. The van der Waals surface area contributed by atoms with Crippen molar-refractivity contribution in [2.75, 3.05) is 39.3 Å². The average Bonchev–Trinajstić information content (AvgIpc) is 2.67. The average molecular weight is 377 g/mol. The van der Waals surface area contributed by atoms with Crippen molar-refractivity contribution in [2.45, 2.75) is 80.1 Å². The van der Waals surface area contributed by atoms with Crippen LogP contribution in [0, 0.1) is 13.8 Å². The summed E-state index contributed by atoms with van der Waals surface area (Å²) in [5, 5.41) is 0. The van der Waals surface area contributed by atoms with Crippen LogP contribution in [-0.4, -0.2) is 44.2 Å². The van der Waals surface area contributed by atoms with E-state index in [9.17, 15) is 0 Å². The third-order valence-electron chi connectivity index (χ3n) is 6.06. The van der Waals surface area contributed by atoms with Crippen LogP contribution >= 0.6 is 0 Å². The first kappa shape index (κ1) is 24.1. The Bertz CT molecular complexity index is 498. The monoisotopic (exact) mass is 376 g/mol. The van der Waals surface area contributed by atoms with Crippen LogP contribution in [0.4, 0.5) is 5.69 Å². The van der Waals surface area contributed by atoms with Crippen LogP contribution in [-0.2, 0) is 0 Å². The van der Waals surface area contributed by atoms with Crippen molar-refractivity contribution < 1.29 is 0 Å². The molecule has 156 valence electrons. The highest BCUT2D eigenvalue weighted by atomic mass is 15.7. The van der Waals surface area contributed by atoms with Crippen LogP contribution in [0.3, 0.4) is 0 Å². The van der Waals surface area contributed by atoms with Gasteiger partial charge in [-0.25, -0.2) is 4.59 Å². The van der Waals surface area contributed by atoms with E-state index < -0.39 is 0 Å². The smallest absolute Gasteiger partial charge is 0.152 e. The minimum Gasteiger partial charge on any atom is -0.302 e. The van der Waals surface area contributed by atoms with Gasteiger partial charge in [-0.15, -0.1) is 0 Å². The number of aryl methyl sites for hydroxylation is 2. The number of rotatable bonds is 15. The van der Waals surface area contributed by atoms with Crippen LogP contribution in [0.25, 0.3) is 0 Å². The number of benzene rings is 1. The highest BCUT2D eigenvalue weighted by Crippen LogP contribution is 2.23. The molecule has 0 aliphatic rings. The SMILES string of the molecule is CCCCCN(CCCCC)CCN[N+](CC)(CC)c1ccc(C)c(C)c1. The quantitative estimate of drug-likeness (QED) is 0.235. The minimum atomic E-state index is 0.874. The van der Waals surface area contributed by atoms with Crippen LogP contribution < -0.4 is 10.0 Å². The summed E-state index contributed by atoms with van der Waals surface area (Å²) >= 11 is 0. The van der Waals surface area contributed by atoms with Crippen molar-refractivity contribution in [1.82, 2.24) is 14.9 Å². The second kappa shape index (κ2) is 13.3. The molecule has 0 atom stereocenters. The summed E-state index contributed by atoms with van der Waals surface area (Å²) in [5.41, 5.74) is 8.06. The Balaban J connectivity index is 2.70. The molecule has 0 heterocycles. The highest BCUT2D eigenvalue weighted by Gasteiger charge is 2.27. The third-order valence-corrected chi connectivity index (χ3v) is 6.06. The number of nitrogens with one attached hydrogen (secondary N) is 1. The van der Waals surface area contributed by atoms with E-state index in [4.69, 9.17) is 0 Å². The number of hydrogen-bond donors (Lipinski definition) is 1. The summed E-state index contributed by atoms with van der Waals surface area (Å²) in [4.78, 5) is 2.68. The second-order valence-electron chi connectivity index (χ2n) is 8.03. The normalized spacial score (nSPS) is 12.1. The molecule has 0 saturated carbocycles. The van der Waals surface area contributed by atoms with E-state index >= 15 is 0 Å². The molecule has 0 radical (unpaired) electrons. The molecule has 0 bridgehead atoms. The van der Waals surface area contributed by atoms with E-state index in [-0.39, 0.29) is 0 Å². The molecule has 0 saturated heterocycles. The molecule has 1 aromatic carbocycles. The van der Waals surface area contributed by atoms with E-state index in [0.717, 1.165) is 30.8 Å². The minimum absolute atomic E-state index is 0.874. The lowest BCUT2D eigenvalue weighted by atomic mass is 10.1. The Kier molecular flexibility index (Phi) is 11.9. The molecule has 0 aromatic heterocycles. The zero-order chi connectivity index (χ0) is 20.1. The molecule has 3 nitrogen and oxygen atoms in total. The zero-order valence-corrected chi connectivity index (χ0v) is 19.1. The Morgan fingerprint density at radius 1 is 0.778 bits per heavy atom. The maximum atomic E-state index is 3.90. The van der Waals surface area contributed by atoms with Crippen molar-refractivity contribution in [2.24, 2.45) is 0 Å². The molecule has 0 fully saturated rings. The summed E-state index contributed by atoms with van der Waals surface area (Å²) < 4.78 is 0.874. The van der Waals surface area contributed by atoms with Crippen molar-refractivity contribution in [3.8, 4) is 0 Å². The molecule has 0 spiro atoms. The summed E-state index contributed by atoms with van der Waals surface area (Å²) in [6, 6.07) is 6.95. The lowest BCUT2D eigenvalue weighted by molar-refractivity contribution is 0.183. The van der Waals surface area contributed by atoms with Crippen molar-refractivity contribution in [1.29, 1.82) is 0 Å². The molecule has 1 aromatic rings. The number of quaternary nitrogens is 1. The Labute approximate surface area is 169 Å². The van der Waals surface area contributed by atoms with Crippen LogP contribution in [0.2, 0.25) is 0 Å². The van der Waals surface area contributed by atoms with E-state index in [1.807, 2.05) is 0 Å². The molecule has 0 unspecified atom stereocenters. The summed E-state index contributed by atoms with van der Waals surface area (Å²) in [7, 11) is 0. The first-order chi connectivity index (χ1) is 13.0. The fourth-order valence-corrected chi connectivity index (χ4v) is 3.82. The van der Waals surface area contributed by atoms with Crippen molar-refractivity contribution >= 4 is 5.69 Å². The van der Waals surface area contributed by atoms with Gasteiger partial charge in [0.25, 0.3) is 0 Å². The van der Waals surface area contributed by atoms with Gasteiger partial charge in [0.15, 0.2) is 5.69 Å². The van der Waals surface area contributed by atoms with Crippen molar-refractivity contribution in [3.05, 3.63) is 29.3 Å². The zero-order valence-electron chi connectivity index (χ0n) is 19.1. The van der Waals surface area contributed by atoms with Crippen LogP contribution in [0.1, 0.15) is 77.3 Å². The summed E-state index contributed by atoms with van der Waals surface area (Å²) in [6.45, 7) is 20.5. The van der Waals surface area contributed by atoms with Gasteiger partial charge in [-0.2, -0.15) is 5.43 Å². The largest absolute Gasteiger partial charge is 0.302 e. The second-order valence-corrected chi connectivity index (χ2v) is 8.03. The van der Waals surface area contributed by atoms with Gasteiger partial charge in [0.1, 0.15) is 0 Å². The highest BCUT2D eigenvalue weighted by molar-refractivity contribution is 5.47. The lowest BCUT2D eigenvalue weighted by Crippen LogP contribution is -2.61. The van der Waals surface area contributed by atoms with Gasteiger partial charge in [0.05, 0.1) is 19.6 Å². The predicted molar refractivity (Wildman–Crippen MR) is 122 cm³/mol. The van der Waals surface area contributed by atoms with Crippen LogP contribution in [0.15, 0.2) is 18.2 Å². The van der Waals surface area contributed by atoms with Gasteiger partial charge < -0.3 is 4.90 Å².